The lowest BCUT2D eigenvalue weighted by molar-refractivity contribution is -0.883. The Labute approximate surface area is 165 Å². The molecule has 4 nitrogen and oxygen atoms in total. The average Bonchev–Trinajstić information content (AvgIpc) is 2.55. The molecule has 2 atom stereocenters. The normalized spacial score (nSPS) is 14.2. The van der Waals surface area contributed by atoms with Crippen molar-refractivity contribution in [1.82, 2.24) is 0 Å². The smallest absolute Gasteiger partial charge is 0.165 e. The van der Waals surface area contributed by atoms with Gasteiger partial charge in [-0.3, -0.25) is 4.79 Å². The molecule has 0 spiro atoms. The predicted molar refractivity (Wildman–Crippen MR) is 107 cm³/mol. The maximum atomic E-state index is 12.2. The number of nitrogens with zero attached hydrogens (tertiary/aromatic N) is 1. The molecule has 0 aromatic heterocycles. The van der Waals surface area contributed by atoms with E-state index in [1.165, 1.54) is 51.4 Å². The number of Topliss-reactive ketones (excluding diaryl/α,β-unsaturated/α-hetero) is 1. The van der Waals surface area contributed by atoms with Crippen molar-refractivity contribution in [2.75, 3.05) is 21.1 Å². The largest absolute Gasteiger partial charge is 0.549 e. The van der Waals surface area contributed by atoms with Crippen LogP contribution in [0.3, 0.4) is 0 Å². The van der Waals surface area contributed by atoms with Crippen LogP contribution < -0.4 is 5.11 Å². The summed E-state index contributed by atoms with van der Waals surface area (Å²) in [6, 6.07) is 0. The first-order chi connectivity index (χ1) is 12.2. The lowest BCUT2D eigenvalue weighted by Gasteiger charge is -2.32. The van der Waals surface area contributed by atoms with Crippen molar-refractivity contribution in [2.24, 2.45) is 5.92 Å². The number of halogens is 1. The van der Waals surface area contributed by atoms with Crippen molar-refractivity contribution in [3.8, 4) is 0 Å². The molecule has 0 aliphatic heterocycles. The summed E-state index contributed by atoms with van der Waals surface area (Å²) in [7, 11) is 5.66. The van der Waals surface area contributed by atoms with Crippen LogP contribution in [0.15, 0.2) is 0 Å². The van der Waals surface area contributed by atoms with E-state index < -0.39 is 17.4 Å². The van der Waals surface area contributed by atoms with Gasteiger partial charge in [0, 0.05) is 12.8 Å². The van der Waals surface area contributed by atoms with Crippen LogP contribution in [0.4, 0.5) is 0 Å². The van der Waals surface area contributed by atoms with Gasteiger partial charge < -0.3 is 14.4 Å². The maximum Gasteiger partial charge on any atom is 0.165 e. The molecule has 0 aromatic carbocycles. The molecule has 0 N–H and O–H groups in total. The molecule has 0 heterocycles. The van der Waals surface area contributed by atoms with Crippen LogP contribution >= 0.6 is 11.6 Å². The summed E-state index contributed by atoms with van der Waals surface area (Å²) in [6.45, 7) is 2.23. The molecule has 0 saturated heterocycles. The van der Waals surface area contributed by atoms with E-state index in [0.717, 1.165) is 19.3 Å². The number of unbranched alkanes of at least 4 members (excludes halogenated alkanes) is 10. The van der Waals surface area contributed by atoms with E-state index >= 15 is 0 Å². The van der Waals surface area contributed by atoms with Gasteiger partial charge in [-0.1, -0.05) is 82.7 Å². The number of carboxylic acids is 1. The minimum atomic E-state index is -1.29. The molecule has 0 radical (unpaired) electrons. The van der Waals surface area contributed by atoms with Gasteiger partial charge in [-0.05, 0) is 6.42 Å². The second-order valence-corrected chi connectivity index (χ2v) is 8.91. The highest BCUT2D eigenvalue weighted by atomic mass is 35.5. The molecule has 0 bridgehead atoms. The van der Waals surface area contributed by atoms with Crippen LogP contribution in [-0.4, -0.2) is 42.9 Å². The maximum absolute atomic E-state index is 12.2. The second kappa shape index (κ2) is 14.4. The van der Waals surface area contributed by atoms with Crippen LogP contribution in [0.5, 0.6) is 0 Å². The zero-order chi connectivity index (χ0) is 20.0. The second-order valence-electron chi connectivity index (χ2n) is 8.41. The molecular formula is C21H40ClNO3. The Balaban J connectivity index is 3.86. The zero-order valence-corrected chi connectivity index (χ0v) is 18.2. The lowest BCUT2D eigenvalue weighted by atomic mass is 9.95. The van der Waals surface area contributed by atoms with Crippen LogP contribution in [0.2, 0.25) is 0 Å². The Morgan fingerprint density at radius 3 is 1.65 bits per heavy atom. The molecule has 5 heteroatoms. The summed E-state index contributed by atoms with van der Waals surface area (Å²) >= 11 is 6.24. The number of ketones is 1. The van der Waals surface area contributed by atoms with E-state index in [0.29, 0.717) is 10.9 Å². The SMILES string of the molecule is CCCCCCCCCCCCCC(=O)C(CC(Cl)[N+](C)(C)C)C(=O)[O-]. The fourth-order valence-electron chi connectivity index (χ4n) is 3.01. The predicted octanol–water partition coefficient (Wildman–Crippen LogP) is 4.28. The highest BCUT2D eigenvalue weighted by Crippen LogP contribution is 2.21. The summed E-state index contributed by atoms with van der Waals surface area (Å²) in [5, 5.41) is 11.3. The van der Waals surface area contributed by atoms with Crippen LogP contribution in [0.25, 0.3) is 0 Å². The molecule has 0 rings (SSSR count). The van der Waals surface area contributed by atoms with E-state index in [4.69, 9.17) is 11.6 Å². The molecule has 2 unspecified atom stereocenters. The summed E-state index contributed by atoms with van der Waals surface area (Å²) in [6.07, 6.45) is 13.8. The monoisotopic (exact) mass is 389 g/mol. The number of carbonyl (C=O) groups is 2. The summed E-state index contributed by atoms with van der Waals surface area (Å²) < 4.78 is 0.414. The van der Waals surface area contributed by atoms with E-state index in [1.54, 1.807) is 0 Å². The number of quaternary nitrogens is 1. The third-order valence-corrected chi connectivity index (χ3v) is 5.73. The topological polar surface area (TPSA) is 57.2 Å². The van der Waals surface area contributed by atoms with Crippen LogP contribution in [-0.2, 0) is 9.59 Å². The Bertz CT molecular complexity index is 393. The third kappa shape index (κ3) is 12.7. The Hall–Kier alpha value is -0.610. The fourth-order valence-corrected chi connectivity index (χ4v) is 3.19. The first-order valence-electron chi connectivity index (χ1n) is 10.4. The first kappa shape index (κ1) is 25.4. The van der Waals surface area contributed by atoms with Crippen molar-refractivity contribution in [1.29, 1.82) is 0 Å². The van der Waals surface area contributed by atoms with E-state index in [9.17, 15) is 14.7 Å². The van der Waals surface area contributed by atoms with Crippen molar-refractivity contribution in [3.63, 3.8) is 0 Å². The number of carbonyl (C=O) groups excluding carboxylic acids is 2. The molecule has 0 aliphatic rings. The van der Waals surface area contributed by atoms with Gasteiger partial charge in [-0.25, -0.2) is 0 Å². The van der Waals surface area contributed by atoms with Crippen molar-refractivity contribution in [3.05, 3.63) is 0 Å². The molecular weight excluding hydrogens is 350 g/mol. The number of hydrogen-bond donors (Lipinski definition) is 0. The van der Waals surface area contributed by atoms with Gasteiger partial charge in [0.2, 0.25) is 0 Å². The number of aliphatic carboxylic acids is 1. The average molecular weight is 390 g/mol. The van der Waals surface area contributed by atoms with Crippen LogP contribution in [0, 0.1) is 5.92 Å². The summed E-state index contributed by atoms with van der Waals surface area (Å²) in [5.74, 6) is -2.62. The van der Waals surface area contributed by atoms with Gasteiger partial charge in [0.05, 0.1) is 33.0 Å². The number of rotatable bonds is 17. The Kier molecular flexibility index (Phi) is 14.1. The van der Waals surface area contributed by atoms with E-state index in [1.807, 2.05) is 21.1 Å². The zero-order valence-electron chi connectivity index (χ0n) is 17.4. The highest BCUT2D eigenvalue weighted by Gasteiger charge is 2.29. The lowest BCUT2D eigenvalue weighted by Crippen LogP contribution is -2.46. The molecule has 0 saturated carbocycles. The molecule has 0 aliphatic carbocycles. The Morgan fingerprint density at radius 1 is 0.846 bits per heavy atom. The molecule has 0 amide bonds. The molecule has 0 aromatic rings. The highest BCUT2D eigenvalue weighted by molar-refractivity contribution is 6.20. The van der Waals surface area contributed by atoms with Crippen molar-refractivity contribution < 1.29 is 19.2 Å². The van der Waals surface area contributed by atoms with Crippen molar-refractivity contribution >= 4 is 23.4 Å². The number of hydrogen-bond acceptors (Lipinski definition) is 3. The van der Waals surface area contributed by atoms with Crippen LogP contribution in [0.1, 0.15) is 90.4 Å². The van der Waals surface area contributed by atoms with Crippen molar-refractivity contribution in [2.45, 2.75) is 95.9 Å². The van der Waals surface area contributed by atoms with E-state index in [2.05, 4.69) is 6.92 Å². The fraction of sp³-hybridized carbons (Fsp3) is 0.905. The minimum absolute atomic E-state index is 0.129. The molecule has 154 valence electrons. The van der Waals surface area contributed by atoms with Gasteiger partial charge in [0.25, 0.3) is 0 Å². The van der Waals surface area contributed by atoms with Gasteiger partial charge in [-0.15, -0.1) is 0 Å². The van der Waals surface area contributed by atoms with Gasteiger partial charge in [0.1, 0.15) is 5.78 Å². The van der Waals surface area contributed by atoms with Gasteiger partial charge in [0.15, 0.2) is 5.50 Å². The third-order valence-electron chi connectivity index (χ3n) is 4.97. The quantitative estimate of drug-likeness (QED) is 0.123. The van der Waals surface area contributed by atoms with E-state index in [-0.39, 0.29) is 12.2 Å². The Morgan fingerprint density at radius 2 is 1.27 bits per heavy atom. The van der Waals surface area contributed by atoms with Gasteiger partial charge in [-0.2, -0.15) is 0 Å². The minimum Gasteiger partial charge on any atom is -0.549 e. The first-order valence-corrected chi connectivity index (χ1v) is 10.8. The number of alkyl halides is 1. The number of carboxylic acid groups (broad SMARTS) is 1. The molecule has 26 heavy (non-hydrogen) atoms. The summed E-state index contributed by atoms with van der Waals surface area (Å²) in [5.41, 5.74) is -0.417. The van der Waals surface area contributed by atoms with Gasteiger partial charge >= 0.3 is 0 Å². The molecule has 0 fully saturated rings. The standard InChI is InChI=1S/C21H40ClNO3/c1-5-6-7-8-9-10-11-12-13-14-15-16-19(24)18(21(25)26)17-20(22)23(2,3)4/h18,20H,5-17H2,1-4H3. The summed E-state index contributed by atoms with van der Waals surface area (Å²) in [4.78, 5) is 23.5.